The Morgan fingerprint density at radius 3 is 2.35 bits per heavy atom. The van der Waals surface area contributed by atoms with Gasteiger partial charge in [0.05, 0.1) is 30.4 Å². The maximum Gasteiger partial charge on any atom is 0.233 e. The molecule has 0 radical (unpaired) electrons. The van der Waals surface area contributed by atoms with Crippen LogP contribution in [0.3, 0.4) is 0 Å². The lowest BCUT2D eigenvalue weighted by molar-refractivity contribution is -0.118. The number of halogens is 1. The average molecular weight is 462 g/mol. The molecule has 0 bridgehead atoms. The first kappa shape index (κ1) is 23.3. The van der Waals surface area contributed by atoms with Crippen LogP contribution in [0.5, 0.6) is 11.5 Å². The van der Waals surface area contributed by atoms with Crippen LogP contribution in [0.25, 0.3) is 10.2 Å². The van der Waals surface area contributed by atoms with Gasteiger partial charge in [-0.2, -0.15) is 0 Å². The fourth-order valence-corrected chi connectivity index (χ4v) is 4.64. The van der Waals surface area contributed by atoms with Crippen molar-refractivity contribution >= 4 is 44.2 Å². The molecule has 0 aliphatic carbocycles. The maximum absolute atomic E-state index is 13.4. The van der Waals surface area contributed by atoms with Crippen LogP contribution in [-0.4, -0.2) is 56.2 Å². The molecule has 0 saturated heterocycles. The van der Waals surface area contributed by atoms with E-state index in [1.54, 1.807) is 31.3 Å². The van der Waals surface area contributed by atoms with Crippen molar-refractivity contribution in [1.29, 1.82) is 0 Å². The van der Waals surface area contributed by atoms with Crippen LogP contribution in [0.1, 0.15) is 19.4 Å². The highest BCUT2D eigenvalue weighted by molar-refractivity contribution is 7.23. The van der Waals surface area contributed by atoms with Gasteiger partial charge in [-0.1, -0.05) is 48.9 Å². The van der Waals surface area contributed by atoms with Gasteiger partial charge in [-0.25, -0.2) is 4.98 Å². The number of thiazole rings is 1. The summed E-state index contributed by atoms with van der Waals surface area (Å²) in [6, 6.07) is 11.2. The Morgan fingerprint density at radius 2 is 1.74 bits per heavy atom. The second-order valence-corrected chi connectivity index (χ2v) is 8.41. The van der Waals surface area contributed by atoms with E-state index < -0.39 is 0 Å². The number of carbonyl (C=O) groups excluding carboxylic acids is 1. The number of hydrogen-bond acceptors (Lipinski definition) is 6. The van der Waals surface area contributed by atoms with Gasteiger partial charge in [-0.05, 0) is 42.9 Å². The van der Waals surface area contributed by atoms with E-state index in [1.807, 2.05) is 24.3 Å². The van der Waals surface area contributed by atoms with E-state index in [4.69, 9.17) is 26.1 Å². The van der Waals surface area contributed by atoms with Crippen molar-refractivity contribution in [1.82, 2.24) is 9.88 Å². The smallest absolute Gasteiger partial charge is 0.233 e. The Hall–Kier alpha value is -2.35. The Balaban J connectivity index is 1.92. The van der Waals surface area contributed by atoms with E-state index in [0.717, 1.165) is 35.6 Å². The first-order chi connectivity index (χ1) is 15.0. The number of rotatable bonds is 10. The molecule has 0 fully saturated rings. The van der Waals surface area contributed by atoms with Crippen LogP contribution < -0.4 is 14.4 Å². The number of anilines is 1. The lowest BCUT2D eigenvalue weighted by atomic mass is 10.1. The zero-order valence-electron chi connectivity index (χ0n) is 18.4. The molecule has 6 nitrogen and oxygen atoms in total. The van der Waals surface area contributed by atoms with Crippen molar-refractivity contribution < 1.29 is 14.3 Å². The second-order valence-electron chi connectivity index (χ2n) is 7.02. The Labute approximate surface area is 192 Å². The number of benzene rings is 2. The largest absolute Gasteiger partial charge is 0.497 e. The van der Waals surface area contributed by atoms with Gasteiger partial charge < -0.3 is 14.4 Å². The van der Waals surface area contributed by atoms with Gasteiger partial charge in [-0.15, -0.1) is 0 Å². The van der Waals surface area contributed by atoms with Gasteiger partial charge >= 0.3 is 0 Å². The summed E-state index contributed by atoms with van der Waals surface area (Å²) in [5.41, 5.74) is 1.61. The molecular weight excluding hydrogens is 434 g/mol. The minimum Gasteiger partial charge on any atom is -0.497 e. The standard InChI is InChI=1S/C23H28ClN3O3S/c1-5-26(6-2)13-14-27(20(28)15-16-7-9-17(29-3)10-8-16)23-25-21-19(30-4)12-11-18(24)22(21)31-23/h7-12H,5-6,13-15H2,1-4H3. The Bertz CT molecular complexity index is 1020. The van der Waals surface area contributed by atoms with E-state index in [2.05, 4.69) is 18.7 Å². The number of carbonyl (C=O) groups is 1. The summed E-state index contributed by atoms with van der Waals surface area (Å²) in [7, 11) is 3.23. The molecule has 2 aromatic carbocycles. The van der Waals surface area contributed by atoms with E-state index in [0.29, 0.717) is 28.0 Å². The van der Waals surface area contributed by atoms with Crippen LogP contribution >= 0.6 is 22.9 Å². The number of aromatic nitrogens is 1. The quantitative estimate of drug-likeness (QED) is 0.430. The summed E-state index contributed by atoms with van der Waals surface area (Å²) in [6.45, 7) is 7.41. The molecule has 1 amide bonds. The molecule has 31 heavy (non-hydrogen) atoms. The third-order valence-corrected chi connectivity index (χ3v) is 6.79. The molecule has 0 N–H and O–H groups in total. The predicted octanol–water partition coefficient (Wildman–Crippen LogP) is 4.88. The van der Waals surface area contributed by atoms with Crippen molar-refractivity contribution in [3.63, 3.8) is 0 Å². The zero-order chi connectivity index (χ0) is 22.4. The number of likely N-dealkylation sites (N-methyl/N-ethyl adjacent to an activating group) is 1. The second kappa shape index (κ2) is 10.8. The summed E-state index contributed by atoms with van der Waals surface area (Å²) in [6.07, 6.45) is 0.281. The minimum absolute atomic E-state index is 0.00790. The normalized spacial score (nSPS) is 11.2. The number of amides is 1. The number of hydrogen-bond donors (Lipinski definition) is 0. The van der Waals surface area contributed by atoms with Crippen LogP contribution in [0, 0.1) is 0 Å². The molecule has 1 heterocycles. The van der Waals surface area contributed by atoms with Crippen molar-refractivity contribution in [2.45, 2.75) is 20.3 Å². The van der Waals surface area contributed by atoms with Crippen LogP contribution in [0.15, 0.2) is 36.4 Å². The summed E-state index contributed by atoms with van der Waals surface area (Å²) >= 11 is 7.82. The van der Waals surface area contributed by atoms with Crippen molar-refractivity contribution in [3.05, 3.63) is 47.0 Å². The van der Waals surface area contributed by atoms with E-state index >= 15 is 0 Å². The first-order valence-electron chi connectivity index (χ1n) is 10.3. The Morgan fingerprint density at radius 1 is 1.03 bits per heavy atom. The van der Waals surface area contributed by atoms with E-state index in [1.165, 1.54) is 11.3 Å². The highest BCUT2D eigenvalue weighted by Crippen LogP contribution is 2.38. The molecule has 3 rings (SSSR count). The predicted molar refractivity (Wildman–Crippen MR) is 128 cm³/mol. The van der Waals surface area contributed by atoms with Gasteiger partial charge in [0.25, 0.3) is 0 Å². The summed E-state index contributed by atoms with van der Waals surface area (Å²) < 4.78 is 11.5. The molecule has 0 unspecified atom stereocenters. The van der Waals surface area contributed by atoms with Crippen LogP contribution in [0.4, 0.5) is 5.13 Å². The average Bonchev–Trinajstić information content (AvgIpc) is 3.23. The third-order valence-electron chi connectivity index (χ3n) is 5.25. The summed E-state index contributed by atoms with van der Waals surface area (Å²) in [4.78, 5) is 22.1. The number of ether oxygens (including phenoxy) is 2. The lowest BCUT2D eigenvalue weighted by Crippen LogP contribution is -2.39. The van der Waals surface area contributed by atoms with Crippen molar-refractivity contribution in [2.24, 2.45) is 0 Å². The maximum atomic E-state index is 13.4. The fraction of sp³-hybridized carbons (Fsp3) is 0.391. The molecule has 1 aromatic heterocycles. The van der Waals surface area contributed by atoms with E-state index in [-0.39, 0.29) is 12.3 Å². The molecule has 0 aliphatic rings. The number of nitrogens with zero attached hydrogens (tertiary/aromatic N) is 3. The third kappa shape index (κ3) is 5.47. The number of methoxy groups -OCH3 is 2. The molecule has 0 aliphatic heterocycles. The molecule has 0 spiro atoms. The monoisotopic (exact) mass is 461 g/mol. The first-order valence-corrected chi connectivity index (χ1v) is 11.5. The van der Waals surface area contributed by atoms with Crippen molar-refractivity contribution in [2.75, 3.05) is 45.3 Å². The minimum atomic E-state index is -0.00790. The number of fused-ring (bicyclic) bond motifs is 1. The van der Waals surface area contributed by atoms with Gasteiger partial charge in [0, 0.05) is 13.1 Å². The molecule has 0 saturated carbocycles. The topological polar surface area (TPSA) is 54.9 Å². The molecule has 166 valence electrons. The molecule has 0 atom stereocenters. The van der Waals surface area contributed by atoms with Gasteiger partial charge in [-0.3, -0.25) is 9.69 Å². The highest BCUT2D eigenvalue weighted by Gasteiger charge is 2.22. The van der Waals surface area contributed by atoms with Crippen LogP contribution in [-0.2, 0) is 11.2 Å². The summed E-state index contributed by atoms with van der Waals surface area (Å²) in [5, 5.41) is 1.23. The van der Waals surface area contributed by atoms with Gasteiger partial charge in [0.15, 0.2) is 5.13 Å². The highest BCUT2D eigenvalue weighted by atomic mass is 35.5. The Kier molecular flexibility index (Phi) is 8.12. The van der Waals surface area contributed by atoms with Gasteiger partial charge in [0.1, 0.15) is 17.0 Å². The molecular formula is C23H28ClN3O3S. The lowest BCUT2D eigenvalue weighted by Gasteiger charge is -2.24. The SMILES string of the molecule is CCN(CC)CCN(C(=O)Cc1ccc(OC)cc1)c1nc2c(OC)ccc(Cl)c2s1. The molecule has 3 aromatic rings. The molecule has 8 heteroatoms. The zero-order valence-corrected chi connectivity index (χ0v) is 19.9. The van der Waals surface area contributed by atoms with Gasteiger partial charge in [0.2, 0.25) is 5.91 Å². The van der Waals surface area contributed by atoms with E-state index in [9.17, 15) is 4.79 Å². The van der Waals surface area contributed by atoms with Crippen molar-refractivity contribution in [3.8, 4) is 11.5 Å². The fourth-order valence-electron chi connectivity index (χ4n) is 3.34. The summed E-state index contributed by atoms with van der Waals surface area (Å²) in [5.74, 6) is 1.40. The van der Waals surface area contributed by atoms with Crippen LogP contribution in [0.2, 0.25) is 5.02 Å².